The minimum Gasteiger partial charge on any atom is -0.369 e. The third-order valence-corrected chi connectivity index (χ3v) is 2.81. The summed E-state index contributed by atoms with van der Waals surface area (Å²) in [7, 11) is 0. The molecule has 1 aromatic heterocycles. The summed E-state index contributed by atoms with van der Waals surface area (Å²) in [5.74, 6) is 0.272. The topological polar surface area (TPSA) is 48.7 Å². The molecule has 0 bridgehead atoms. The average molecular weight is 255 g/mol. The number of nitrogens with one attached hydrogen (secondary N) is 1. The van der Waals surface area contributed by atoms with Crippen molar-refractivity contribution in [2.75, 3.05) is 11.9 Å². The van der Waals surface area contributed by atoms with Gasteiger partial charge in [0.15, 0.2) is 0 Å². The van der Waals surface area contributed by atoms with Gasteiger partial charge in [0.05, 0.1) is 5.56 Å². The second-order valence-corrected chi connectivity index (χ2v) is 4.17. The zero-order valence-electron chi connectivity index (χ0n) is 10.9. The van der Waals surface area contributed by atoms with Crippen LogP contribution >= 0.6 is 0 Å². The maximum atomic E-state index is 13.3. The summed E-state index contributed by atoms with van der Waals surface area (Å²) in [6, 6.07) is 10.1. The van der Waals surface area contributed by atoms with Crippen LogP contribution in [0, 0.1) is 24.1 Å². The molecule has 0 amide bonds. The number of halogens is 1. The van der Waals surface area contributed by atoms with Crippen molar-refractivity contribution in [3.05, 3.63) is 47.4 Å². The Morgan fingerprint density at radius 3 is 2.79 bits per heavy atom. The highest BCUT2D eigenvalue weighted by Crippen LogP contribution is 2.26. The Labute approximate surface area is 111 Å². The summed E-state index contributed by atoms with van der Waals surface area (Å²) >= 11 is 0. The number of pyridine rings is 1. The quantitative estimate of drug-likeness (QED) is 0.913. The number of hydrogen-bond donors (Lipinski definition) is 1. The van der Waals surface area contributed by atoms with Crippen molar-refractivity contribution in [1.82, 2.24) is 4.98 Å². The van der Waals surface area contributed by atoms with Crippen molar-refractivity contribution >= 4 is 5.82 Å². The zero-order valence-corrected chi connectivity index (χ0v) is 10.9. The van der Waals surface area contributed by atoms with Crippen LogP contribution in [0.4, 0.5) is 10.2 Å². The maximum absolute atomic E-state index is 13.3. The molecule has 2 rings (SSSR count). The van der Waals surface area contributed by atoms with E-state index in [0.29, 0.717) is 17.9 Å². The second-order valence-electron chi connectivity index (χ2n) is 4.17. The van der Waals surface area contributed by atoms with Crippen molar-refractivity contribution < 1.29 is 4.39 Å². The number of nitrogens with zero attached hydrogens (tertiary/aromatic N) is 2. The van der Waals surface area contributed by atoms with Crippen LogP contribution in [-0.4, -0.2) is 11.5 Å². The van der Waals surface area contributed by atoms with E-state index in [2.05, 4.69) is 16.4 Å². The molecule has 0 unspecified atom stereocenters. The van der Waals surface area contributed by atoms with Crippen LogP contribution in [0.2, 0.25) is 0 Å². The lowest BCUT2D eigenvalue weighted by molar-refractivity contribution is 0.628. The molecule has 0 saturated heterocycles. The molecular weight excluding hydrogens is 241 g/mol. The molecule has 1 N–H and O–H groups in total. The summed E-state index contributed by atoms with van der Waals surface area (Å²) in [5.41, 5.74) is 2.73. The van der Waals surface area contributed by atoms with E-state index >= 15 is 0 Å². The van der Waals surface area contributed by atoms with E-state index in [-0.39, 0.29) is 5.82 Å². The highest BCUT2D eigenvalue weighted by Gasteiger charge is 2.10. The predicted molar refractivity (Wildman–Crippen MR) is 73.2 cm³/mol. The fraction of sp³-hybridized carbons (Fsp3) is 0.200. The number of nitriles is 1. The van der Waals surface area contributed by atoms with Crippen LogP contribution in [0.1, 0.15) is 18.2 Å². The van der Waals surface area contributed by atoms with E-state index in [0.717, 1.165) is 16.8 Å². The Balaban J connectivity index is 2.56. The van der Waals surface area contributed by atoms with E-state index in [1.165, 1.54) is 12.1 Å². The van der Waals surface area contributed by atoms with Crippen molar-refractivity contribution in [3.8, 4) is 17.2 Å². The lowest BCUT2D eigenvalue weighted by atomic mass is 10.0. The van der Waals surface area contributed by atoms with Gasteiger partial charge in [0.2, 0.25) is 0 Å². The number of benzene rings is 1. The van der Waals surface area contributed by atoms with Gasteiger partial charge in [-0.05, 0) is 37.6 Å². The van der Waals surface area contributed by atoms with Crippen LogP contribution in [0.25, 0.3) is 11.1 Å². The fourth-order valence-electron chi connectivity index (χ4n) is 1.94. The number of anilines is 1. The number of rotatable bonds is 3. The van der Waals surface area contributed by atoms with E-state index < -0.39 is 0 Å². The van der Waals surface area contributed by atoms with Gasteiger partial charge in [-0.25, -0.2) is 9.37 Å². The molecule has 1 aromatic carbocycles. The summed E-state index contributed by atoms with van der Waals surface area (Å²) < 4.78 is 13.3. The monoisotopic (exact) mass is 255 g/mol. The van der Waals surface area contributed by atoms with Crippen LogP contribution in [0.3, 0.4) is 0 Å². The third kappa shape index (κ3) is 2.71. The molecule has 0 fully saturated rings. The summed E-state index contributed by atoms with van der Waals surface area (Å²) in [6.07, 6.45) is 0. The van der Waals surface area contributed by atoms with Gasteiger partial charge in [-0.2, -0.15) is 5.26 Å². The normalized spacial score (nSPS) is 10.0. The molecule has 4 heteroatoms. The molecule has 0 aliphatic heterocycles. The predicted octanol–water partition coefficient (Wildman–Crippen LogP) is 3.50. The SMILES string of the molecule is CCNc1nc(C)c(-c2cccc(F)c2)cc1C#N. The largest absolute Gasteiger partial charge is 0.369 e. The molecule has 0 aliphatic carbocycles. The second kappa shape index (κ2) is 5.49. The van der Waals surface area contributed by atoms with Gasteiger partial charge in [-0.1, -0.05) is 12.1 Å². The van der Waals surface area contributed by atoms with Crippen LogP contribution < -0.4 is 5.32 Å². The Kier molecular flexibility index (Phi) is 3.76. The molecule has 2 aromatic rings. The van der Waals surface area contributed by atoms with Gasteiger partial charge in [-0.15, -0.1) is 0 Å². The Bertz CT molecular complexity index is 644. The van der Waals surface area contributed by atoms with Gasteiger partial charge < -0.3 is 5.32 Å². The first-order valence-electron chi connectivity index (χ1n) is 6.07. The first-order valence-corrected chi connectivity index (χ1v) is 6.07. The number of aromatic nitrogens is 1. The molecule has 19 heavy (non-hydrogen) atoms. The molecule has 0 radical (unpaired) electrons. The highest BCUT2D eigenvalue weighted by molar-refractivity contribution is 5.70. The van der Waals surface area contributed by atoms with Gasteiger partial charge in [-0.3, -0.25) is 0 Å². The lowest BCUT2D eigenvalue weighted by Gasteiger charge is -2.11. The molecule has 0 saturated carbocycles. The molecular formula is C15H14FN3. The summed E-state index contributed by atoms with van der Waals surface area (Å²) in [6.45, 7) is 4.49. The van der Waals surface area contributed by atoms with Crippen molar-refractivity contribution in [2.45, 2.75) is 13.8 Å². The van der Waals surface area contributed by atoms with E-state index in [9.17, 15) is 4.39 Å². The Morgan fingerprint density at radius 2 is 2.16 bits per heavy atom. The van der Waals surface area contributed by atoms with Crippen LogP contribution in [0.5, 0.6) is 0 Å². The molecule has 0 spiro atoms. The number of aryl methyl sites for hydroxylation is 1. The molecule has 0 atom stereocenters. The smallest absolute Gasteiger partial charge is 0.144 e. The third-order valence-electron chi connectivity index (χ3n) is 2.81. The fourth-order valence-corrected chi connectivity index (χ4v) is 1.94. The van der Waals surface area contributed by atoms with Gasteiger partial charge in [0.1, 0.15) is 17.7 Å². The van der Waals surface area contributed by atoms with Gasteiger partial charge in [0.25, 0.3) is 0 Å². The van der Waals surface area contributed by atoms with Crippen molar-refractivity contribution in [2.24, 2.45) is 0 Å². The van der Waals surface area contributed by atoms with Crippen LogP contribution in [-0.2, 0) is 0 Å². The maximum Gasteiger partial charge on any atom is 0.144 e. The summed E-state index contributed by atoms with van der Waals surface area (Å²) in [4.78, 5) is 4.38. The molecule has 1 heterocycles. The van der Waals surface area contributed by atoms with E-state index in [1.807, 2.05) is 13.8 Å². The zero-order chi connectivity index (χ0) is 13.8. The minimum atomic E-state index is -0.300. The van der Waals surface area contributed by atoms with E-state index in [1.54, 1.807) is 18.2 Å². The summed E-state index contributed by atoms with van der Waals surface area (Å²) in [5, 5.41) is 12.2. The molecule has 3 nitrogen and oxygen atoms in total. The average Bonchev–Trinajstić information content (AvgIpc) is 2.39. The lowest BCUT2D eigenvalue weighted by Crippen LogP contribution is -2.04. The van der Waals surface area contributed by atoms with Crippen molar-refractivity contribution in [3.63, 3.8) is 0 Å². The number of hydrogen-bond acceptors (Lipinski definition) is 3. The first-order chi connectivity index (χ1) is 9.15. The first kappa shape index (κ1) is 13.0. The highest BCUT2D eigenvalue weighted by atomic mass is 19.1. The Hall–Kier alpha value is -2.41. The van der Waals surface area contributed by atoms with Gasteiger partial charge in [0, 0.05) is 17.8 Å². The molecule has 0 aliphatic rings. The van der Waals surface area contributed by atoms with Gasteiger partial charge >= 0.3 is 0 Å². The van der Waals surface area contributed by atoms with Crippen molar-refractivity contribution in [1.29, 1.82) is 5.26 Å². The van der Waals surface area contributed by atoms with Crippen LogP contribution in [0.15, 0.2) is 30.3 Å². The molecule has 96 valence electrons. The minimum absolute atomic E-state index is 0.300. The Morgan fingerprint density at radius 1 is 1.37 bits per heavy atom. The van der Waals surface area contributed by atoms with E-state index in [4.69, 9.17) is 5.26 Å². The standard InChI is InChI=1S/C15H14FN3/c1-3-18-15-12(9-17)8-14(10(2)19-15)11-5-4-6-13(16)7-11/h4-8H,3H2,1-2H3,(H,18,19).